The summed E-state index contributed by atoms with van der Waals surface area (Å²) in [5.74, 6) is -0.0932. The highest BCUT2D eigenvalue weighted by Crippen LogP contribution is 2.23. The van der Waals surface area contributed by atoms with Crippen molar-refractivity contribution in [3.05, 3.63) is 65.7 Å². The number of para-hydroxylation sites is 1. The zero-order chi connectivity index (χ0) is 16.9. The van der Waals surface area contributed by atoms with Crippen molar-refractivity contribution < 1.29 is 4.79 Å². The summed E-state index contributed by atoms with van der Waals surface area (Å²) in [6.45, 7) is 5.70. The van der Waals surface area contributed by atoms with Gasteiger partial charge in [-0.05, 0) is 24.1 Å². The van der Waals surface area contributed by atoms with E-state index in [9.17, 15) is 4.79 Å². The summed E-state index contributed by atoms with van der Waals surface area (Å²) in [5.41, 5.74) is 9.44. The van der Waals surface area contributed by atoms with E-state index in [1.54, 1.807) is 0 Å². The molecule has 1 heterocycles. The Morgan fingerprint density at radius 1 is 1.00 bits per heavy atom. The molecule has 4 heteroatoms. The summed E-state index contributed by atoms with van der Waals surface area (Å²) in [6, 6.07) is 18.3. The molecule has 0 aromatic heterocycles. The molecule has 1 fully saturated rings. The fourth-order valence-corrected chi connectivity index (χ4v) is 3.37. The van der Waals surface area contributed by atoms with Crippen LogP contribution in [0.25, 0.3) is 0 Å². The Kier molecular flexibility index (Phi) is 5.16. The molecule has 2 aromatic carbocycles. The van der Waals surface area contributed by atoms with Crippen LogP contribution in [0.2, 0.25) is 0 Å². The molecule has 0 aliphatic carbocycles. The van der Waals surface area contributed by atoms with Gasteiger partial charge in [-0.2, -0.15) is 0 Å². The third-order valence-electron chi connectivity index (χ3n) is 4.78. The second-order valence-electron chi connectivity index (χ2n) is 6.30. The van der Waals surface area contributed by atoms with Crippen molar-refractivity contribution in [2.75, 3.05) is 37.6 Å². The van der Waals surface area contributed by atoms with Gasteiger partial charge >= 0.3 is 0 Å². The number of carbonyl (C=O) groups excluding carboxylic acids is 1. The zero-order valence-electron chi connectivity index (χ0n) is 14.2. The summed E-state index contributed by atoms with van der Waals surface area (Å²) in [4.78, 5) is 17.2. The molecule has 1 aliphatic heterocycles. The minimum atomic E-state index is -0.240. The van der Waals surface area contributed by atoms with Crippen LogP contribution in [0.1, 0.15) is 17.0 Å². The molecule has 1 amide bonds. The van der Waals surface area contributed by atoms with Gasteiger partial charge in [-0.15, -0.1) is 0 Å². The normalized spacial score (nSPS) is 16.1. The summed E-state index contributed by atoms with van der Waals surface area (Å²) in [5, 5.41) is 0. The van der Waals surface area contributed by atoms with Crippen LogP contribution in [0.15, 0.2) is 54.6 Å². The molecule has 0 radical (unpaired) electrons. The van der Waals surface area contributed by atoms with Crippen LogP contribution in [0.4, 0.5) is 5.69 Å². The van der Waals surface area contributed by atoms with Crippen LogP contribution in [-0.2, 0) is 4.79 Å². The highest BCUT2D eigenvalue weighted by atomic mass is 16.2. The smallest absolute Gasteiger partial charge is 0.231 e. The first kappa shape index (κ1) is 16.5. The van der Waals surface area contributed by atoms with Crippen molar-refractivity contribution in [3.8, 4) is 0 Å². The fourth-order valence-electron chi connectivity index (χ4n) is 3.37. The molecule has 0 spiro atoms. The molecule has 1 saturated heterocycles. The zero-order valence-corrected chi connectivity index (χ0v) is 14.2. The van der Waals surface area contributed by atoms with E-state index in [2.05, 4.69) is 36.1 Å². The van der Waals surface area contributed by atoms with E-state index in [4.69, 9.17) is 5.73 Å². The Morgan fingerprint density at radius 2 is 1.62 bits per heavy atom. The lowest BCUT2D eigenvalue weighted by Gasteiger charge is -2.38. The van der Waals surface area contributed by atoms with E-state index in [1.807, 2.05) is 35.2 Å². The first-order valence-electron chi connectivity index (χ1n) is 8.55. The first-order valence-corrected chi connectivity index (χ1v) is 8.55. The van der Waals surface area contributed by atoms with Gasteiger partial charge in [-0.3, -0.25) is 4.79 Å². The number of aryl methyl sites for hydroxylation is 1. The van der Waals surface area contributed by atoms with Crippen LogP contribution >= 0.6 is 0 Å². The van der Waals surface area contributed by atoms with Gasteiger partial charge in [-0.25, -0.2) is 0 Å². The van der Waals surface area contributed by atoms with Crippen molar-refractivity contribution in [1.82, 2.24) is 4.90 Å². The maximum atomic E-state index is 12.9. The Bertz CT molecular complexity index is 678. The third kappa shape index (κ3) is 3.44. The number of nitrogens with zero attached hydrogens (tertiary/aromatic N) is 2. The number of piperazine rings is 1. The highest BCUT2D eigenvalue weighted by molar-refractivity contribution is 5.84. The highest BCUT2D eigenvalue weighted by Gasteiger charge is 2.27. The van der Waals surface area contributed by atoms with E-state index < -0.39 is 0 Å². The lowest BCUT2D eigenvalue weighted by molar-refractivity contribution is -0.132. The lowest BCUT2D eigenvalue weighted by atomic mass is 9.97. The van der Waals surface area contributed by atoms with Crippen LogP contribution < -0.4 is 10.6 Å². The molecular formula is C20H25N3O. The van der Waals surface area contributed by atoms with E-state index in [0.29, 0.717) is 6.54 Å². The van der Waals surface area contributed by atoms with Gasteiger partial charge in [0.1, 0.15) is 0 Å². The average molecular weight is 323 g/mol. The Labute approximate surface area is 143 Å². The Hall–Kier alpha value is -2.33. The van der Waals surface area contributed by atoms with E-state index in [0.717, 1.165) is 31.7 Å². The van der Waals surface area contributed by atoms with Gasteiger partial charge in [0.2, 0.25) is 5.91 Å². The van der Waals surface area contributed by atoms with Gasteiger partial charge in [-0.1, -0.05) is 48.5 Å². The molecule has 0 bridgehead atoms. The maximum absolute atomic E-state index is 12.9. The summed E-state index contributed by atoms with van der Waals surface area (Å²) in [7, 11) is 0. The Morgan fingerprint density at radius 3 is 2.25 bits per heavy atom. The number of nitrogens with two attached hydrogens (primary N) is 1. The maximum Gasteiger partial charge on any atom is 0.231 e. The molecule has 0 saturated carbocycles. The van der Waals surface area contributed by atoms with Gasteiger partial charge < -0.3 is 15.5 Å². The second kappa shape index (κ2) is 7.49. The number of hydrogen-bond donors (Lipinski definition) is 1. The number of amides is 1. The van der Waals surface area contributed by atoms with Crippen molar-refractivity contribution in [3.63, 3.8) is 0 Å². The van der Waals surface area contributed by atoms with E-state index in [1.165, 1.54) is 11.3 Å². The van der Waals surface area contributed by atoms with E-state index in [-0.39, 0.29) is 11.8 Å². The molecule has 2 aromatic rings. The number of carbonyl (C=O) groups is 1. The topological polar surface area (TPSA) is 49.6 Å². The molecule has 24 heavy (non-hydrogen) atoms. The minimum Gasteiger partial charge on any atom is -0.368 e. The van der Waals surface area contributed by atoms with E-state index >= 15 is 0 Å². The second-order valence-corrected chi connectivity index (χ2v) is 6.30. The molecule has 1 atom stereocenters. The minimum absolute atomic E-state index is 0.146. The van der Waals surface area contributed by atoms with Crippen LogP contribution in [0.3, 0.4) is 0 Å². The van der Waals surface area contributed by atoms with Crippen molar-refractivity contribution in [1.29, 1.82) is 0 Å². The molecular weight excluding hydrogens is 298 g/mol. The summed E-state index contributed by atoms with van der Waals surface area (Å²) < 4.78 is 0. The Balaban J connectivity index is 1.66. The predicted molar refractivity (Wildman–Crippen MR) is 98.2 cm³/mol. The number of hydrogen-bond acceptors (Lipinski definition) is 3. The van der Waals surface area contributed by atoms with Crippen molar-refractivity contribution in [2.45, 2.75) is 12.8 Å². The SMILES string of the molecule is Cc1ccccc1N1CCN(C(=O)C(CN)c2ccccc2)CC1. The molecule has 3 rings (SSSR count). The van der Waals surface area contributed by atoms with Gasteiger partial charge in [0, 0.05) is 38.4 Å². The predicted octanol–water partition coefficient (Wildman–Crippen LogP) is 2.39. The molecule has 126 valence electrons. The van der Waals surface area contributed by atoms with Gasteiger partial charge in [0.25, 0.3) is 0 Å². The lowest BCUT2D eigenvalue weighted by Crippen LogP contribution is -2.51. The molecule has 1 unspecified atom stereocenters. The molecule has 1 aliphatic rings. The van der Waals surface area contributed by atoms with Crippen LogP contribution in [-0.4, -0.2) is 43.5 Å². The summed E-state index contributed by atoms with van der Waals surface area (Å²) in [6.07, 6.45) is 0. The fraction of sp³-hybridized carbons (Fsp3) is 0.350. The van der Waals surface area contributed by atoms with Gasteiger partial charge in [0.15, 0.2) is 0 Å². The van der Waals surface area contributed by atoms with Crippen molar-refractivity contribution >= 4 is 11.6 Å². The first-order chi connectivity index (χ1) is 11.7. The monoisotopic (exact) mass is 323 g/mol. The number of benzene rings is 2. The van der Waals surface area contributed by atoms with Crippen LogP contribution in [0, 0.1) is 6.92 Å². The number of rotatable bonds is 4. The number of anilines is 1. The summed E-state index contributed by atoms with van der Waals surface area (Å²) >= 11 is 0. The molecule has 4 nitrogen and oxygen atoms in total. The third-order valence-corrected chi connectivity index (χ3v) is 4.78. The quantitative estimate of drug-likeness (QED) is 0.940. The standard InChI is InChI=1S/C20H25N3O/c1-16-7-5-6-10-19(16)22-11-13-23(14-12-22)20(24)18(15-21)17-8-3-2-4-9-17/h2-10,18H,11-15,21H2,1H3. The van der Waals surface area contributed by atoms with Crippen molar-refractivity contribution in [2.24, 2.45) is 5.73 Å². The average Bonchev–Trinajstić information content (AvgIpc) is 2.64. The largest absolute Gasteiger partial charge is 0.368 e. The van der Waals surface area contributed by atoms with Gasteiger partial charge in [0.05, 0.1) is 5.92 Å². The van der Waals surface area contributed by atoms with Crippen LogP contribution in [0.5, 0.6) is 0 Å². The molecule has 2 N–H and O–H groups in total.